The maximum atomic E-state index is 11.5. The zero-order chi connectivity index (χ0) is 14.9. The molecule has 0 saturated heterocycles. The lowest BCUT2D eigenvalue weighted by atomic mass is 10.2. The van der Waals surface area contributed by atoms with E-state index in [1.165, 1.54) is 18.4 Å². The summed E-state index contributed by atoms with van der Waals surface area (Å²) in [6.07, 6.45) is 4.33. The fraction of sp³-hybridized carbons (Fsp3) is 0.125. The molecule has 1 aromatic carbocycles. The zero-order valence-corrected chi connectivity index (χ0v) is 11.3. The molecule has 2 rings (SSSR count). The van der Waals surface area contributed by atoms with Crippen LogP contribution in [0.2, 0.25) is 0 Å². The molecule has 0 saturated carbocycles. The second-order valence-electron chi connectivity index (χ2n) is 4.21. The molecule has 0 bridgehead atoms. The van der Waals surface area contributed by atoms with E-state index in [4.69, 9.17) is 9.15 Å². The normalized spacial score (nSPS) is 10.5. The van der Waals surface area contributed by atoms with Gasteiger partial charge in [-0.3, -0.25) is 9.59 Å². The summed E-state index contributed by atoms with van der Waals surface area (Å²) < 4.78 is 10.1. The molecule has 1 N–H and O–H groups in total. The van der Waals surface area contributed by atoms with E-state index in [-0.39, 0.29) is 19.1 Å². The van der Waals surface area contributed by atoms with Crippen molar-refractivity contribution in [2.24, 2.45) is 0 Å². The molecule has 0 fully saturated rings. The summed E-state index contributed by atoms with van der Waals surface area (Å²) in [7, 11) is 0. The molecule has 0 aliphatic heterocycles. The third-order valence-electron chi connectivity index (χ3n) is 2.59. The Balaban J connectivity index is 1.68. The van der Waals surface area contributed by atoms with E-state index in [2.05, 4.69) is 5.32 Å². The van der Waals surface area contributed by atoms with Crippen molar-refractivity contribution >= 4 is 18.0 Å². The first-order valence-electron chi connectivity index (χ1n) is 6.43. The van der Waals surface area contributed by atoms with Crippen molar-refractivity contribution in [3.63, 3.8) is 0 Å². The third-order valence-corrected chi connectivity index (χ3v) is 2.59. The summed E-state index contributed by atoms with van der Waals surface area (Å²) >= 11 is 0. The molecular formula is C16H15NO4. The van der Waals surface area contributed by atoms with Crippen LogP contribution < -0.4 is 5.32 Å². The van der Waals surface area contributed by atoms with Crippen molar-refractivity contribution in [3.8, 4) is 0 Å². The van der Waals surface area contributed by atoms with Gasteiger partial charge in [-0.25, -0.2) is 0 Å². The van der Waals surface area contributed by atoms with Gasteiger partial charge in [0.1, 0.15) is 18.9 Å². The van der Waals surface area contributed by atoms with Gasteiger partial charge in [0.15, 0.2) is 0 Å². The molecule has 0 spiro atoms. The standard InChI is InChI=1S/C16H15NO4/c18-15(9-8-14-7-4-10-20-14)17-11-16(19)21-12-13-5-2-1-3-6-13/h1-10H,11-12H2,(H,17,18). The fourth-order valence-electron chi connectivity index (χ4n) is 1.55. The molecule has 5 nitrogen and oxygen atoms in total. The number of amides is 1. The number of rotatable bonds is 6. The molecule has 1 amide bonds. The number of nitrogens with one attached hydrogen (secondary N) is 1. The van der Waals surface area contributed by atoms with Crippen molar-refractivity contribution in [1.82, 2.24) is 5.32 Å². The van der Waals surface area contributed by atoms with E-state index in [9.17, 15) is 9.59 Å². The topological polar surface area (TPSA) is 68.5 Å². The highest BCUT2D eigenvalue weighted by Crippen LogP contribution is 2.02. The lowest BCUT2D eigenvalue weighted by Crippen LogP contribution is -2.29. The number of carbonyl (C=O) groups excluding carboxylic acids is 2. The van der Waals surface area contributed by atoms with E-state index >= 15 is 0 Å². The quantitative estimate of drug-likeness (QED) is 0.652. The lowest BCUT2D eigenvalue weighted by Gasteiger charge is -2.05. The lowest BCUT2D eigenvalue weighted by molar-refractivity contribution is -0.144. The number of carbonyl (C=O) groups is 2. The number of esters is 1. The van der Waals surface area contributed by atoms with Crippen LogP contribution in [0.3, 0.4) is 0 Å². The third kappa shape index (κ3) is 5.36. The van der Waals surface area contributed by atoms with Gasteiger partial charge in [0.25, 0.3) is 0 Å². The molecule has 21 heavy (non-hydrogen) atoms. The zero-order valence-electron chi connectivity index (χ0n) is 11.3. The number of hydrogen-bond donors (Lipinski definition) is 1. The minimum Gasteiger partial charge on any atom is -0.465 e. The Labute approximate surface area is 122 Å². The van der Waals surface area contributed by atoms with Crippen molar-refractivity contribution in [2.45, 2.75) is 6.61 Å². The van der Waals surface area contributed by atoms with Crippen molar-refractivity contribution in [3.05, 3.63) is 66.1 Å². The minimum absolute atomic E-state index is 0.172. The molecule has 0 aliphatic rings. The Hall–Kier alpha value is -2.82. The van der Waals surface area contributed by atoms with Crippen LogP contribution in [0.15, 0.2) is 59.2 Å². The van der Waals surface area contributed by atoms with Crippen LogP contribution in [0.1, 0.15) is 11.3 Å². The smallest absolute Gasteiger partial charge is 0.325 e. The molecule has 1 heterocycles. The summed E-state index contributed by atoms with van der Waals surface area (Å²) in [5.41, 5.74) is 0.898. The second-order valence-corrected chi connectivity index (χ2v) is 4.21. The van der Waals surface area contributed by atoms with Gasteiger partial charge >= 0.3 is 5.97 Å². The minimum atomic E-state index is -0.487. The summed E-state index contributed by atoms with van der Waals surface area (Å²) in [5.74, 6) is -0.307. The number of ether oxygens (including phenoxy) is 1. The van der Waals surface area contributed by atoms with Crippen molar-refractivity contribution in [1.29, 1.82) is 0 Å². The van der Waals surface area contributed by atoms with Gasteiger partial charge < -0.3 is 14.5 Å². The molecule has 0 unspecified atom stereocenters. The summed E-state index contributed by atoms with van der Waals surface area (Å²) in [5, 5.41) is 2.44. The predicted octanol–water partition coefficient (Wildman–Crippen LogP) is 2.15. The number of furan rings is 1. The highest BCUT2D eigenvalue weighted by atomic mass is 16.5. The van der Waals surface area contributed by atoms with E-state index in [0.717, 1.165) is 5.56 Å². The Bertz CT molecular complexity index is 602. The Morgan fingerprint density at radius 2 is 1.95 bits per heavy atom. The molecule has 0 atom stereocenters. The van der Waals surface area contributed by atoms with Gasteiger partial charge in [-0.05, 0) is 23.8 Å². The van der Waals surface area contributed by atoms with E-state index < -0.39 is 5.97 Å². The van der Waals surface area contributed by atoms with Crippen LogP contribution in [0.25, 0.3) is 6.08 Å². The molecule has 0 radical (unpaired) electrons. The summed E-state index contributed by atoms with van der Waals surface area (Å²) in [6.45, 7) is 0.0198. The highest BCUT2D eigenvalue weighted by molar-refractivity contribution is 5.93. The monoisotopic (exact) mass is 285 g/mol. The summed E-state index contributed by atoms with van der Waals surface area (Å²) in [6, 6.07) is 12.8. The molecular weight excluding hydrogens is 270 g/mol. The molecule has 0 aliphatic carbocycles. The predicted molar refractivity (Wildman–Crippen MR) is 77.0 cm³/mol. The fourth-order valence-corrected chi connectivity index (χ4v) is 1.55. The Morgan fingerprint density at radius 3 is 2.67 bits per heavy atom. The van der Waals surface area contributed by atoms with Crippen LogP contribution in [0, 0.1) is 0 Å². The largest absolute Gasteiger partial charge is 0.465 e. The Morgan fingerprint density at radius 1 is 1.14 bits per heavy atom. The molecule has 108 valence electrons. The first-order chi connectivity index (χ1) is 10.2. The van der Waals surface area contributed by atoms with E-state index in [0.29, 0.717) is 5.76 Å². The van der Waals surface area contributed by atoms with Crippen LogP contribution in [-0.2, 0) is 20.9 Å². The van der Waals surface area contributed by atoms with Gasteiger partial charge in [-0.2, -0.15) is 0 Å². The van der Waals surface area contributed by atoms with Gasteiger partial charge in [0.2, 0.25) is 5.91 Å². The van der Waals surface area contributed by atoms with E-state index in [1.807, 2.05) is 30.3 Å². The van der Waals surface area contributed by atoms with Crippen molar-refractivity contribution < 1.29 is 18.7 Å². The second kappa shape index (κ2) is 7.69. The van der Waals surface area contributed by atoms with E-state index in [1.54, 1.807) is 12.1 Å². The molecule has 2 aromatic rings. The van der Waals surface area contributed by atoms with Gasteiger partial charge in [-0.15, -0.1) is 0 Å². The van der Waals surface area contributed by atoms with Crippen LogP contribution in [-0.4, -0.2) is 18.4 Å². The first-order valence-corrected chi connectivity index (χ1v) is 6.43. The van der Waals surface area contributed by atoms with Crippen molar-refractivity contribution in [2.75, 3.05) is 6.54 Å². The average molecular weight is 285 g/mol. The van der Waals surface area contributed by atoms with Gasteiger partial charge in [0.05, 0.1) is 6.26 Å². The first kappa shape index (κ1) is 14.6. The number of hydrogen-bond acceptors (Lipinski definition) is 4. The SMILES string of the molecule is O=C(C=Cc1ccco1)NCC(=O)OCc1ccccc1. The maximum absolute atomic E-state index is 11.5. The molecule has 5 heteroatoms. The summed E-state index contributed by atoms with van der Waals surface area (Å²) in [4.78, 5) is 22.9. The van der Waals surface area contributed by atoms with Gasteiger partial charge in [-0.1, -0.05) is 30.3 Å². The maximum Gasteiger partial charge on any atom is 0.325 e. The highest BCUT2D eigenvalue weighted by Gasteiger charge is 2.05. The average Bonchev–Trinajstić information content (AvgIpc) is 3.03. The van der Waals surface area contributed by atoms with Crippen LogP contribution in [0.5, 0.6) is 0 Å². The molecule has 1 aromatic heterocycles. The Kier molecular flexibility index (Phi) is 5.34. The van der Waals surface area contributed by atoms with Gasteiger partial charge in [0, 0.05) is 6.08 Å². The van der Waals surface area contributed by atoms with Crippen LogP contribution in [0.4, 0.5) is 0 Å². The van der Waals surface area contributed by atoms with Crippen LogP contribution >= 0.6 is 0 Å². The number of benzene rings is 1.